The van der Waals surface area contributed by atoms with Crippen molar-refractivity contribution in [1.82, 2.24) is 20.4 Å². The van der Waals surface area contributed by atoms with Gasteiger partial charge >= 0.3 is 23.9 Å². The molecule has 2 N–H and O–H groups in total. The zero-order chi connectivity index (χ0) is 78.0. The van der Waals surface area contributed by atoms with Crippen molar-refractivity contribution in [1.29, 1.82) is 0 Å². The van der Waals surface area contributed by atoms with Crippen LogP contribution in [0.4, 0.5) is 0 Å². The third kappa shape index (κ3) is 71.0. The van der Waals surface area contributed by atoms with Gasteiger partial charge in [-0.3, -0.25) is 33.7 Å². The molecule has 0 radical (unpaired) electrons. The molecule has 2 unspecified atom stereocenters. The summed E-state index contributed by atoms with van der Waals surface area (Å²) in [6.45, 7) is 13.6. The molecule has 0 spiro atoms. The number of rotatable bonds is 80. The molecule has 620 valence electrons. The molecule has 0 aromatic heterocycles. The highest BCUT2D eigenvalue weighted by molar-refractivity contribution is 5.96. The van der Waals surface area contributed by atoms with Crippen molar-refractivity contribution in [2.75, 3.05) is 59.3 Å². The summed E-state index contributed by atoms with van der Waals surface area (Å²) in [5.41, 5.74) is 0. The number of unbranched alkanes of at least 4 members (excludes halogenated alkanes) is 34. The Labute approximate surface area is 662 Å². The number of esters is 4. The summed E-state index contributed by atoms with van der Waals surface area (Å²) in [4.78, 5) is 82.5. The molecule has 0 aromatic carbocycles. The van der Waals surface area contributed by atoms with Crippen LogP contribution >= 0.6 is 0 Å². The molecule has 14 heteroatoms. The first-order valence-electron chi connectivity index (χ1n) is 45.0. The van der Waals surface area contributed by atoms with E-state index in [1.54, 1.807) is 0 Å². The molecule has 1 rings (SSSR count). The summed E-state index contributed by atoms with van der Waals surface area (Å²) in [5.74, 6) is -0.986. The number of nitrogens with one attached hydrogen (secondary N) is 2. The molecule has 0 aromatic rings. The van der Waals surface area contributed by atoms with Crippen LogP contribution in [0, 0.1) is 0 Å². The number of carbonyl (C=O) groups excluding carboxylic acids is 6. The fourth-order valence-electron chi connectivity index (χ4n) is 13.2. The van der Waals surface area contributed by atoms with Gasteiger partial charge in [-0.25, -0.2) is 0 Å². The van der Waals surface area contributed by atoms with Crippen LogP contribution in [-0.4, -0.2) is 117 Å². The summed E-state index contributed by atoms with van der Waals surface area (Å²) in [7, 11) is 0. The van der Waals surface area contributed by atoms with E-state index in [1.165, 1.54) is 135 Å². The van der Waals surface area contributed by atoms with Gasteiger partial charge in [-0.05, 0) is 218 Å². The SMILES string of the molecule is CCCCC/C=C\C/C=C\CCCCCCCC(=O)OCCCN(CCCCC1NC(=O)C(CCCCN(CCCOC(=O)CCCCCCC/C=C\C/C=C\CCCCC)COC(=O)CCCCCCC/C=C\C/C=C\CCCCC)NC1=O)CCCOC(=O)CCCCCCC/C=C\C/C=C\CCCCC. The van der Waals surface area contributed by atoms with E-state index >= 15 is 0 Å². The van der Waals surface area contributed by atoms with E-state index in [9.17, 15) is 28.8 Å². The van der Waals surface area contributed by atoms with Gasteiger partial charge < -0.3 is 34.5 Å². The Morgan fingerprint density at radius 2 is 0.500 bits per heavy atom. The number of amides is 2. The topological polar surface area (TPSA) is 170 Å². The molecular formula is C94H164N4O10. The van der Waals surface area contributed by atoms with Crippen molar-refractivity contribution in [3.8, 4) is 0 Å². The van der Waals surface area contributed by atoms with Crippen molar-refractivity contribution >= 4 is 35.7 Å². The zero-order valence-electron chi connectivity index (χ0n) is 70.0. The fourth-order valence-corrected chi connectivity index (χ4v) is 13.2. The smallest absolute Gasteiger partial charge is 0.307 e. The van der Waals surface area contributed by atoms with E-state index in [2.05, 4.69) is 145 Å². The van der Waals surface area contributed by atoms with Crippen LogP contribution in [0.5, 0.6) is 0 Å². The Hall–Kier alpha value is -5.34. The molecule has 1 aliphatic heterocycles. The first-order valence-corrected chi connectivity index (χ1v) is 45.0. The van der Waals surface area contributed by atoms with Crippen LogP contribution in [0.2, 0.25) is 0 Å². The number of piperazine rings is 1. The first kappa shape index (κ1) is 101. The molecule has 1 fully saturated rings. The second-order valence-corrected chi connectivity index (χ2v) is 30.4. The van der Waals surface area contributed by atoms with Gasteiger partial charge in [0.1, 0.15) is 18.8 Å². The maximum atomic E-state index is 13.5. The van der Waals surface area contributed by atoms with Crippen LogP contribution in [0.3, 0.4) is 0 Å². The molecule has 2 atom stereocenters. The van der Waals surface area contributed by atoms with Crippen LogP contribution in [-0.2, 0) is 47.7 Å². The van der Waals surface area contributed by atoms with Crippen LogP contribution < -0.4 is 10.6 Å². The monoisotopic (exact) mass is 1510 g/mol. The van der Waals surface area contributed by atoms with Gasteiger partial charge in [-0.15, -0.1) is 0 Å². The van der Waals surface area contributed by atoms with Crippen molar-refractivity contribution in [3.63, 3.8) is 0 Å². The number of nitrogens with zero attached hydrogens (tertiary/aromatic N) is 2. The Morgan fingerprint density at radius 1 is 0.269 bits per heavy atom. The zero-order valence-corrected chi connectivity index (χ0v) is 70.0. The summed E-state index contributed by atoms with van der Waals surface area (Å²) in [5, 5.41) is 6.03. The van der Waals surface area contributed by atoms with Crippen molar-refractivity contribution < 1.29 is 47.7 Å². The molecule has 1 heterocycles. The van der Waals surface area contributed by atoms with Gasteiger partial charge in [-0.2, -0.15) is 0 Å². The maximum Gasteiger partial charge on any atom is 0.307 e. The molecule has 14 nitrogen and oxygen atoms in total. The van der Waals surface area contributed by atoms with Gasteiger partial charge in [0.05, 0.1) is 19.8 Å². The van der Waals surface area contributed by atoms with Gasteiger partial charge in [0.25, 0.3) is 0 Å². The van der Waals surface area contributed by atoms with E-state index in [0.29, 0.717) is 97.1 Å². The predicted molar refractivity (Wildman–Crippen MR) is 455 cm³/mol. The Balaban J connectivity index is 2.67. The molecule has 0 bridgehead atoms. The minimum atomic E-state index is -0.623. The highest BCUT2D eigenvalue weighted by Crippen LogP contribution is 2.17. The minimum Gasteiger partial charge on any atom is -0.466 e. The largest absolute Gasteiger partial charge is 0.466 e. The second kappa shape index (κ2) is 81.2. The Kier molecular flexibility index (Phi) is 75.6. The molecule has 0 saturated carbocycles. The van der Waals surface area contributed by atoms with Gasteiger partial charge in [0.2, 0.25) is 11.8 Å². The number of ether oxygens (including phenoxy) is 4. The van der Waals surface area contributed by atoms with Gasteiger partial charge in [-0.1, -0.05) is 253 Å². The van der Waals surface area contributed by atoms with Crippen LogP contribution in [0.1, 0.15) is 394 Å². The van der Waals surface area contributed by atoms with E-state index in [1.807, 2.05) is 0 Å². The van der Waals surface area contributed by atoms with Crippen molar-refractivity contribution in [3.05, 3.63) is 97.2 Å². The summed E-state index contributed by atoms with van der Waals surface area (Å²) >= 11 is 0. The lowest BCUT2D eigenvalue weighted by Crippen LogP contribution is -2.61. The van der Waals surface area contributed by atoms with Crippen LogP contribution in [0.15, 0.2) is 97.2 Å². The highest BCUT2D eigenvalue weighted by atomic mass is 16.5. The lowest BCUT2D eigenvalue weighted by molar-refractivity contribution is -0.149. The first-order chi connectivity index (χ1) is 53.1. The lowest BCUT2D eigenvalue weighted by Gasteiger charge is -2.30. The standard InChI is InChI=1S/C94H164N4O10/c1-5-9-13-17-21-25-29-33-37-41-45-49-53-57-61-74-89(99)105-83-69-80-97(81-70-84-106-90(100)75-62-58-54-50-46-42-38-34-30-26-22-18-14-10-6-2)78-67-65-72-87-93(103)96-88(94(104)95-87)73-66-68-79-98(86-108-92(102)77-64-60-56-52-48-44-40-36-32-28-24-20-16-12-8-4)82-71-85-107-91(101)76-63-59-55-51-47-43-39-35-31-27-23-19-15-11-7-3/h21-28,33-40,87-88H,5-20,29-32,41-86H2,1-4H3,(H,95,104)(H,96,103)/b25-21-,26-22-,27-23-,28-24-,37-33-,38-34-,39-35-,40-36-. The van der Waals surface area contributed by atoms with Gasteiger partial charge in [0.15, 0.2) is 0 Å². The number of hydrogen-bond donors (Lipinski definition) is 2. The minimum absolute atomic E-state index is 0.140. The third-order valence-corrected chi connectivity index (χ3v) is 20.1. The number of allylic oxidation sites excluding steroid dienone is 16. The van der Waals surface area contributed by atoms with Crippen molar-refractivity contribution in [2.24, 2.45) is 0 Å². The van der Waals surface area contributed by atoms with E-state index < -0.39 is 12.1 Å². The van der Waals surface area contributed by atoms with E-state index in [-0.39, 0.29) is 42.4 Å². The highest BCUT2D eigenvalue weighted by Gasteiger charge is 2.33. The normalized spacial score (nSPS) is 14.4. The fraction of sp³-hybridized carbons (Fsp3) is 0.766. The Morgan fingerprint density at radius 3 is 0.787 bits per heavy atom. The van der Waals surface area contributed by atoms with E-state index in [0.717, 1.165) is 187 Å². The average Bonchev–Trinajstić information content (AvgIpc) is 0.852. The van der Waals surface area contributed by atoms with Crippen LogP contribution in [0.25, 0.3) is 0 Å². The lowest BCUT2D eigenvalue weighted by atomic mass is 10.0. The molecule has 1 saturated heterocycles. The van der Waals surface area contributed by atoms with Gasteiger partial charge in [0, 0.05) is 51.9 Å². The maximum absolute atomic E-state index is 13.5. The number of hydrogen-bond acceptors (Lipinski definition) is 12. The predicted octanol–water partition coefficient (Wildman–Crippen LogP) is 24.5. The molecule has 0 aliphatic carbocycles. The molecule has 2 amide bonds. The van der Waals surface area contributed by atoms with E-state index in [4.69, 9.17) is 18.9 Å². The summed E-state index contributed by atoms with van der Waals surface area (Å²) < 4.78 is 22.8. The third-order valence-electron chi connectivity index (χ3n) is 20.1. The molecular weight excluding hydrogens is 1350 g/mol. The quantitative estimate of drug-likeness (QED) is 0.0195. The second-order valence-electron chi connectivity index (χ2n) is 30.4. The number of carbonyl (C=O) groups is 6. The average molecular weight is 1510 g/mol. The Bertz CT molecular complexity index is 2290. The van der Waals surface area contributed by atoms with Crippen molar-refractivity contribution in [2.45, 2.75) is 406 Å². The molecule has 108 heavy (non-hydrogen) atoms. The summed E-state index contributed by atoms with van der Waals surface area (Å²) in [6.07, 6.45) is 93.9. The molecule has 1 aliphatic rings. The summed E-state index contributed by atoms with van der Waals surface area (Å²) in [6, 6.07) is -1.23.